The fraction of sp³-hybridized carbons (Fsp3) is 0.0833. The molecule has 1 aromatic carbocycles. The summed E-state index contributed by atoms with van der Waals surface area (Å²) >= 11 is 2.95. The number of nitrogens with one attached hydrogen (secondary N) is 1. The van der Waals surface area contributed by atoms with Crippen LogP contribution in [0.3, 0.4) is 0 Å². The van der Waals surface area contributed by atoms with Crippen LogP contribution in [0.4, 0.5) is 4.39 Å². The van der Waals surface area contributed by atoms with Crippen molar-refractivity contribution in [1.29, 1.82) is 0 Å². The Morgan fingerprint density at radius 2 is 2.05 bits per heavy atom. The zero-order valence-electron chi connectivity index (χ0n) is 9.68. The summed E-state index contributed by atoms with van der Waals surface area (Å²) < 4.78 is 39.5. The van der Waals surface area contributed by atoms with E-state index >= 15 is 0 Å². The second-order valence-electron chi connectivity index (χ2n) is 3.72. The van der Waals surface area contributed by atoms with Crippen LogP contribution >= 0.6 is 15.9 Å². The summed E-state index contributed by atoms with van der Waals surface area (Å²) in [5, 5.41) is 0. The molecule has 0 aliphatic heterocycles. The van der Waals surface area contributed by atoms with Crippen LogP contribution in [-0.4, -0.2) is 13.4 Å². The third kappa shape index (κ3) is 3.59. The minimum Gasteiger partial charge on any atom is -0.260 e. The summed E-state index contributed by atoms with van der Waals surface area (Å²) in [6.45, 7) is 0.0815. The van der Waals surface area contributed by atoms with Crippen molar-refractivity contribution in [2.75, 3.05) is 0 Å². The molecule has 1 heterocycles. The molecule has 100 valence electrons. The maximum Gasteiger partial charge on any atom is 0.240 e. The van der Waals surface area contributed by atoms with E-state index < -0.39 is 15.8 Å². The van der Waals surface area contributed by atoms with Crippen LogP contribution < -0.4 is 4.72 Å². The second kappa shape index (κ2) is 5.77. The molecule has 0 saturated carbocycles. The molecule has 0 atom stereocenters. The highest BCUT2D eigenvalue weighted by Gasteiger charge is 2.15. The quantitative estimate of drug-likeness (QED) is 0.926. The molecule has 19 heavy (non-hydrogen) atoms. The molecule has 1 N–H and O–H groups in total. The highest BCUT2D eigenvalue weighted by atomic mass is 79.9. The van der Waals surface area contributed by atoms with Crippen LogP contribution in [0.25, 0.3) is 0 Å². The SMILES string of the molecule is O=S(=O)(NCc1ccccn1)c1ccc(F)c(Br)c1. The number of nitrogens with zero attached hydrogens (tertiary/aromatic N) is 1. The maximum atomic E-state index is 13.1. The summed E-state index contributed by atoms with van der Waals surface area (Å²) in [6, 6.07) is 8.75. The Morgan fingerprint density at radius 3 is 2.68 bits per heavy atom. The normalized spacial score (nSPS) is 11.5. The smallest absolute Gasteiger partial charge is 0.240 e. The van der Waals surface area contributed by atoms with Crippen molar-refractivity contribution < 1.29 is 12.8 Å². The number of sulfonamides is 1. The summed E-state index contributed by atoms with van der Waals surface area (Å²) in [6.07, 6.45) is 1.58. The largest absolute Gasteiger partial charge is 0.260 e. The Morgan fingerprint density at radius 1 is 1.26 bits per heavy atom. The van der Waals surface area contributed by atoms with E-state index in [4.69, 9.17) is 0 Å². The summed E-state index contributed by atoms with van der Waals surface area (Å²) in [5.41, 5.74) is 0.604. The fourth-order valence-corrected chi connectivity index (χ4v) is 2.95. The van der Waals surface area contributed by atoms with E-state index in [1.54, 1.807) is 24.4 Å². The summed E-state index contributed by atoms with van der Waals surface area (Å²) in [5.74, 6) is -0.510. The van der Waals surface area contributed by atoms with Gasteiger partial charge in [0.1, 0.15) is 5.82 Å². The molecule has 0 saturated heterocycles. The predicted octanol–water partition coefficient (Wildman–Crippen LogP) is 2.46. The molecule has 0 aliphatic rings. The Kier molecular flexibility index (Phi) is 4.28. The summed E-state index contributed by atoms with van der Waals surface area (Å²) in [7, 11) is -3.68. The van der Waals surface area contributed by atoms with Crippen molar-refractivity contribution in [3.8, 4) is 0 Å². The molecular weight excluding hydrogens is 335 g/mol. The van der Waals surface area contributed by atoms with Gasteiger partial charge in [-0.15, -0.1) is 0 Å². The van der Waals surface area contributed by atoms with Crippen LogP contribution in [0.1, 0.15) is 5.69 Å². The number of rotatable bonds is 4. The second-order valence-corrected chi connectivity index (χ2v) is 6.34. The Balaban J connectivity index is 2.16. The van der Waals surface area contributed by atoms with Gasteiger partial charge in [0.25, 0.3) is 0 Å². The number of benzene rings is 1. The third-order valence-electron chi connectivity index (χ3n) is 2.37. The van der Waals surface area contributed by atoms with Crippen LogP contribution in [0.2, 0.25) is 0 Å². The Hall–Kier alpha value is -1.31. The van der Waals surface area contributed by atoms with Crippen molar-refractivity contribution in [3.63, 3.8) is 0 Å². The van der Waals surface area contributed by atoms with E-state index in [1.807, 2.05) is 0 Å². The highest BCUT2D eigenvalue weighted by Crippen LogP contribution is 2.19. The first-order valence-corrected chi connectivity index (χ1v) is 7.61. The molecule has 0 radical (unpaired) electrons. The topological polar surface area (TPSA) is 59.1 Å². The zero-order valence-corrected chi connectivity index (χ0v) is 12.1. The molecular formula is C12H10BrFN2O2S. The first-order valence-electron chi connectivity index (χ1n) is 5.34. The van der Waals surface area contributed by atoms with Gasteiger partial charge in [-0.25, -0.2) is 17.5 Å². The molecule has 0 amide bonds. The van der Waals surface area contributed by atoms with E-state index in [0.29, 0.717) is 5.69 Å². The standard InChI is InChI=1S/C12H10BrFN2O2S/c13-11-7-10(4-5-12(11)14)19(17,18)16-8-9-3-1-2-6-15-9/h1-7,16H,8H2. The maximum absolute atomic E-state index is 13.1. The van der Waals surface area contributed by atoms with Gasteiger partial charge in [-0.1, -0.05) is 6.07 Å². The highest BCUT2D eigenvalue weighted by molar-refractivity contribution is 9.10. The van der Waals surface area contributed by atoms with E-state index in [2.05, 4.69) is 25.6 Å². The van der Waals surface area contributed by atoms with Crippen molar-refractivity contribution in [2.24, 2.45) is 0 Å². The van der Waals surface area contributed by atoms with Crippen LogP contribution in [0.5, 0.6) is 0 Å². The minimum absolute atomic E-state index is 0.00305. The average Bonchev–Trinajstić information content (AvgIpc) is 2.41. The first kappa shape index (κ1) is 14.1. The number of pyridine rings is 1. The lowest BCUT2D eigenvalue weighted by Gasteiger charge is -2.07. The van der Waals surface area contributed by atoms with Gasteiger partial charge in [0.05, 0.1) is 21.6 Å². The molecule has 1 aromatic heterocycles. The molecule has 7 heteroatoms. The van der Waals surface area contributed by atoms with Crippen LogP contribution in [-0.2, 0) is 16.6 Å². The number of aromatic nitrogens is 1. The van der Waals surface area contributed by atoms with E-state index in [-0.39, 0.29) is 15.9 Å². The molecule has 4 nitrogen and oxygen atoms in total. The number of hydrogen-bond donors (Lipinski definition) is 1. The lowest BCUT2D eigenvalue weighted by molar-refractivity contribution is 0.579. The van der Waals surface area contributed by atoms with Gasteiger partial charge in [-0.3, -0.25) is 4.98 Å². The monoisotopic (exact) mass is 344 g/mol. The summed E-state index contributed by atoms with van der Waals surface area (Å²) in [4.78, 5) is 4.01. The lowest BCUT2D eigenvalue weighted by Crippen LogP contribution is -2.23. The molecule has 2 aromatic rings. The van der Waals surface area contributed by atoms with E-state index in [1.165, 1.54) is 12.1 Å². The zero-order chi connectivity index (χ0) is 13.9. The van der Waals surface area contributed by atoms with E-state index in [9.17, 15) is 12.8 Å². The Labute approximate surface area is 118 Å². The van der Waals surface area contributed by atoms with Gasteiger partial charge < -0.3 is 0 Å². The Bertz CT molecular complexity index is 677. The fourth-order valence-electron chi connectivity index (χ4n) is 1.40. The molecule has 2 rings (SSSR count). The molecule has 0 bridgehead atoms. The van der Waals surface area contributed by atoms with Crippen LogP contribution in [0, 0.1) is 5.82 Å². The van der Waals surface area contributed by atoms with E-state index in [0.717, 1.165) is 6.07 Å². The predicted molar refractivity (Wildman–Crippen MR) is 72.4 cm³/mol. The lowest BCUT2D eigenvalue weighted by atomic mass is 10.3. The van der Waals surface area contributed by atoms with Gasteiger partial charge in [0.2, 0.25) is 10.0 Å². The van der Waals surface area contributed by atoms with Crippen molar-refractivity contribution in [2.45, 2.75) is 11.4 Å². The third-order valence-corrected chi connectivity index (χ3v) is 4.38. The van der Waals surface area contributed by atoms with Crippen molar-refractivity contribution in [1.82, 2.24) is 9.71 Å². The number of hydrogen-bond acceptors (Lipinski definition) is 3. The molecule has 0 unspecified atom stereocenters. The van der Waals surface area contributed by atoms with Gasteiger partial charge in [0, 0.05) is 6.20 Å². The van der Waals surface area contributed by atoms with Crippen LogP contribution in [0.15, 0.2) is 52.0 Å². The van der Waals surface area contributed by atoms with Gasteiger partial charge in [-0.2, -0.15) is 0 Å². The molecule has 0 spiro atoms. The molecule has 0 aliphatic carbocycles. The number of halogens is 2. The van der Waals surface area contributed by atoms with Gasteiger partial charge in [-0.05, 0) is 46.3 Å². The minimum atomic E-state index is -3.68. The van der Waals surface area contributed by atoms with Gasteiger partial charge >= 0.3 is 0 Å². The van der Waals surface area contributed by atoms with Gasteiger partial charge in [0.15, 0.2) is 0 Å². The average molecular weight is 345 g/mol. The first-order chi connectivity index (χ1) is 8.99. The molecule has 0 fully saturated rings. The van der Waals surface area contributed by atoms with Crippen molar-refractivity contribution >= 4 is 26.0 Å². The van der Waals surface area contributed by atoms with Crippen molar-refractivity contribution in [3.05, 3.63) is 58.6 Å².